The highest BCUT2D eigenvalue weighted by Crippen LogP contribution is 2.37. The Morgan fingerprint density at radius 2 is 1.95 bits per heavy atom. The quantitative estimate of drug-likeness (QED) is 0.687. The molecule has 2 aromatic heterocycles. The molecule has 1 aliphatic rings. The minimum atomic E-state index is -4.61. The van der Waals surface area contributed by atoms with Gasteiger partial charge in [-0.2, -0.15) is 22.8 Å². The van der Waals surface area contributed by atoms with Gasteiger partial charge in [0, 0.05) is 0 Å². The number of ether oxygens (including phenoxy) is 2. The van der Waals surface area contributed by atoms with Crippen LogP contribution in [0.15, 0.2) is 24.3 Å². The van der Waals surface area contributed by atoms with Gasteiger partial charge in [-0.05, 0) is 12.1 Å². The summed E-state index contributed by atoms with van der Waals surface area (Å²) in [7, 11) is 0. The molecule has 10 heteroatoms. The maximum Gasteiger partial charge on any atom is 0.453 e. The van der Waals surface area contributed by atoms with Gasteiger partial charge in [0.2, 0.25) is 4.96 Å². The van der Waals surface area contributed by atoms with Crippen LogP contribution in [0.1, 0.15) is 16.9 Å². The summed E-state index contributed by atoms with van der Waals surface area (Å²) in [6.45, 7) is 0.169. The van der Waals surface area contributed by atoms with Crippen molar-refractivity contribution in [2.45, 2.75) is 12.3 Å². The van der Waals surface area contributed by atoms with Gasteiger partial charge in [0.1, 0.15) is 6.61 Å². The lowest BCUT2D eigenvalue weighted by Crippen LogP contribution is -2.22. The Hall–Kier alpha value is -2.36. The molecule has 1 atom stereocenters. The molecule has 6 nitrogen and oxygen atoms in total. The second-order valence-electron chi connectivity index (χ2n) is 4.52. The summed E-state index contributed by atoms with van der Waals surface area (Å²) in [5.74, 6) is -0.0272. The molecule has 0 aliphatic carbocycles. The highest BCUT2D eigenvalue weighted by atomic mass is 32.1. The van der Waals surface area contributed by atoms with Gasteiger partial charge in [0.25, 0.3) is 5.82 Å². The minimum Gasteiger partial charge on any atom is -0.485 e. The largest absolute Gasteiger partial charge is 0.485 e. The molecule has 0 amide bonds. The smallest absolute Gasteiger partial charge is 0.453 e. The standard InChI is InChI=1S/C12H7F3N4O2S/c13-12(14,15)10-16-17-11-19(10)18-9(22-11)8-5-20-6-3-1-2-4-7(6)21-8/h1-4,8H,5H2/t8-/m1/s1. The van der Waals surface area contributed by atoms with E-state index in [0.717, 1.165) is 11.3 Å². The molecule has 0 fully saturated rings. The van der Waals surface area contributed by atoms with Crippen molar-refractivity contribution in [3.63, 3.8) is 0 Å². The zero-order valence-corrected chi connectivity index (χ0v) is 11.6. The number of fused-ring (bicyclic) bond motifs is 2. The average molecular weight is 328 g/mol. The van der Waals surface area contributed by atoms with Crippen molar-refractivity contribution in [2.24, 2.45) is 0 Å². The molecule has 22 heavy (non-hydrogen) atoms. The van der Waals surface area contributed by atoms with E-state index in [4.69, 9.17) is 9.47 Å². The molecular weight excluding hydrogens is 321 g/mol. The predicted octanol–water partition coefficient (Wildman–Crippen LogP) is 2.72. The number of para-hydroxylation sites is 2. The lowest BCUT2D eigenvalue weighted by atomic mass is 10.3. The Bertz CT molecular complexity index is 844. The molecule has 0 saturated carbocycles. The van der Waals surface area contributed by atoms with Crippen LogP contribution in [-0.4, -0.2) is 26.4 Å². The van der Waals surface area contributed by atoms with Crippen molar-refractivity contribution in [2.75, 3.05) is 6.61 Å². The van der Waals surface area contributed by atoms with E-state index in [1.54, 1.807) is 24.3 Å². The fourth-order valence-electron chi connectivity index (χ4n) is 2.08. The Kier molecular flexibility index (Phi) is 2.76. The van der Waals surface area contributed by atoms with E-state index in [9.17, 15) is 13.2 Å². The topological polar surface area (TPSA) is 61.5 Å². The first kappa shape index (κ1) is 13.3. The van der Waals surface area contributed by atoms with Crippen molar-refractivity contribution in [1.82, 2.24) is 19.8 Å². The molecule has 0 bridgehead atoms. The third-order valence-corrected chi connectivity index (χ3v) is 4.03. The van der Waals surface area contributed by atoms with Gasteiger partial charge in [-0.3, -0.25) is 0 Å². The third-order valence-electron chi connectivity index (χ3n) is 3.04. The fraction of sp³-hybridized carbons (Fsp3) is 0.250. The Morgan fingerprint density at radius 1 is 1.18 bits per heavy atom. The number of hydrogen-bond acceptors (Lipinski definition) is 6. The van der Waals surface area contributed by atoms with E-state index in [1.807, 2.05) is 0 Å². The van der Waals surface area contributed by atoms with E-state index in [-0.39, 0.29) is 11.6 Å². The minimum absolute atomic E-state index is 0.0600. The van der Waals surface area contributed by atoms with Crippen molar-refractivity contribution < 1.29 is 22.6 Å². The lowest BCUT2D eigenvalue weighted by Gasteiger charge is -2.24. The van der Waals surface area contributed by atoms with Crippen LogP contribution in [0.3, 0.4) is 0 Å². The van der Waals surface area contributed by atoms with E-state index in [2.05, 4.69) is 15.3 Å². The van der Waals surface area contributed by atoms with Crippen LogP contribution >= 0.6 is 11.3 Å². The summed E-state index contributed by atoms with van der Waals surface area (Å²) < 4.78 is 50.3. The zero-order chi connectivity index (χ0) is 15.3. The average Bonchev–Trinajstić information content (AvgIpc) is 3.05. The normalized spacial score (nSPS) is 17.9. The van der Waals surface area contributed by atoms with Gasteiger partial charge < -0.3 is 9.47 Å². The first-order valence-electron chi connectivity index (χ1n) is 6.20. The number of alkyl halides is 3. The first-order chi connectivity index (χ1) is 10.5. The van der Waals surface area contributed by atoms with Gasteiger partial charge in [-0.25, -0.2) is 0 Å². The van der Waals surface area contributed by atoms with Crippen LogP contribution in [0.4, 0.5) is 13.2 Å². The SMILES string of the molecule is FC(F)(F)c1nnc2sc([C@H]3COc4ccccc4O3)nn12. The van der Waals surface area contributed by atoms with Crippen molar-refractivity contribution in [3.8, 4) is 11.5 Å². The second kappa shape index (κ2) is 4.57. The summed E-state index contributed by atoms with van der Waals surface area (Å²) in [5.41, 5.74) is 0. The van der Waals surface area contributed by atoms with Crippen molar-refractivity contribution in [1.29, 1.82) is 0 Å². The summed E-state index contributed by atoms with van der Waals surface area (Å²) in [5, 5.41) is 10.9. The van der Waals surface area contributed by atoms with Gasteiger partial charge in [-0.15, -0.1) is 10.2 Å². The predicted molar refractivity (Wildman–Crippen MR) is 69.0 cm³/mol. The van der Waals surface area contributed by atoms with E-state index in [0.29, 0.717) is 21.0 Å². The number of hydrogen-bond donors (Lipinski definition) is 0. The van der Waals surface area contributed by atoms with Crippen LogP contribution < -0.4 is 9.47 Å². The Labute approximate surface area is 125 Å². The molecule has 0 radical (unpaired) electrons. The summed E-state index contributed by atoms with van der Waals surface area (Å²) in [6.07, 6.45) is -5.19. The molecule has 0 unspecified atom stereocenters. The van der Waals surface area contributed by atoms with Gasteiger partial charge in [0.15, 0.2) is 22.6 Å². The van der Waals surface area contributed by atoms with Gasteiger partial charge in [-0.1, -0.05) is 23.5 Å². The molecule has 1 aromatic carbocycles. The molecule has 0 saturated heterocycles. The van der Waals surface area contributed by atoms with Crippen LogP contribution in [-0.2, 0) is 6.18 Å². The molecule has 3 aromatic rings. The second-order valence-corrected chi connectivity index (χ2v) is 5.51. The lowest BCUT2D eigenvalue weighted by molar-refractivity contribution is -0.146. The monoisotopic (exact) mass is 328 g/mol. The summed E-state index contributed by atoms with van der Waals surface area (Å²) in [4.78, 5) is 0.0600. The van der Waals surface area contributed by atoms with Crippen molar-refractivity contribution in [3.05, 3.63) is 35.1 Å². The molecule has 0 N–H and O–H groups in total. The van der Waals surface area contributed by atoms with E-state index >= 15 is 0 Å². The summed E-state index contributed by atoms with van der Waals surface area (Å²) >= 11 is 0.989. The molecule has 4 rings (SSSR count). The number of aromatic nitrogens is 4. The fourth-order valence-corrected chi connectivity index (χ4v) is 2.93. The molecule has 3 heterocycles. The highest BCUT2D eigenvalue weighted by molar-refractivity contribution is 7.16. The molecule has 1 aliphatic heterocycles. The van der Waals surface area contributed by atoms with E-state index < -0.39 is 18.1 Å². The Morgan fingerprint density at radius 3 is 2.73 bits per heavy atom. The van der Waals surface area contributed by atoms with Crippen molar-refractivity contribution >= 4 is 16.3 Å². The third kappa shape index (κ3) is 2.06. The molecule has 114 valence electrons. The van der Waals surface area contributed by atoms with Crippen LogP contribution in [0.2, 0.25) is 0 Å². The Balaban J connectivity index is 1.70. The van der Waals surface area contributed by atoms with E-state index in [1.165, 1.54) is 0 Å². The maximum absolute atomic E-state index is 12.8. The van der Waals surface area contributed by atoms with Gasteiger partial charge >= 0.3 is 6.18 Å². The number of rotatable bonds is 1. The van der Waals surface area contributed by atoms with Crippen LogP contribution in [0.25, 0.3) is 4.96 Å². The highest BCUT2D eigenvalue weighted by Gasteiger charge is 2.39. The van der Waals surface area contributed by atoms with Gasteiger partial charge in [0.05, 0.1) is 0 Å². The maximum atomic E-state index is 12.8. The first-order valence-corrected chi connectivity index (χ1v) is 7.02. The van der Waals surface area contributed by atoms with Crippen LogP contribution in [0.5, 0.6) is 11.5 Å². The zero-order valence-electron chi connectivity index (χ0n) is 10.7. The number of nitrogens with zero attached hydrogens (tertiary/aromatic N) is 4. The van der Waals surface area contributed by atoms with Crippen LogP contribution in [0, 0.1) is 0 Å². The number of benzene rings is 1. The summed E-state index contributed by atoms with van der Waals surface area (Å²) in [6, 6.07) is 7.07. The molecule has 0 spiro atoms. The molecular formula is C12H7F3N4O2S. The number of halogens is 3.